The second kappa shape index (κ2) is 13.9. The van der Waals surface area contributed by atoms with Crippen molar-refractivity contribution in [2.75, 3.05) is 17.4 Å². The van der Waals surface area contributed by atoms with Crippen LogP contribution in [0.5, 0.6) is 0 Å². The molecule has 0 radical (unpaired) electrons. The summed E-state index contributed by atoms with van der Waals surface area (Å²) in [7, 11) is -4.06. The van der Waals surface area contributed by atoms with Crippen molar-refractivity contribution in [3.8, 4) is 0 Å². The molecular formula is C31H39N3O4S. The molecule has 2 amide bonds. The molecule has 0 aliphatic heterocycles. The van der Waals surface area contributed by atoms with Gasteiger partial charge in [0, 0.05) is 13.1 Å². The van der Waals surface area contributed by atoms with E-state index in [1.54, 1.807) is 36.4 Å². The Morgan fingerprint density at radius 1 is 0.872 bits per heavy atom. The van der Waals surface area contributed by atoms with Crippen molar-refractivity contribution in [2.24, 2.45) is 0 Å². The number of nitrogens with zero attached hydrogens (tertiary/aromatic N) is 2. The second-order valence-electron chi connectivity index (χ2n) is 9.74. The number of anilines is 1. The van der Waals surface area contributed by atoms with Crippen LogP contribution in [0.1, 0.15) is 49.8 Å². The monoisotopic (exact) mass is 549 g/mol. The van der Waals surface area contributed by atoms with E-state index in [2.05, 4.69) is 5.32 Å². The van der Waals surface area contributed by atoms with Gasteiger partial charge in [-0.05, 0) is 62.1 Å². The highest BCUT2D eigenvalue weighted by Crippen LogP contribution is 2.25. The van der Waals surface area contributed by atoms with E-state index >= 15 is 0 Å². The second-order valence-corrected chi connectivity index (χ2v) is 11.6. The number of unbranched alkanes of at least 4 members (excludes halogenated alkanes) is 1. The molecular weight excluding hydrogens is 510 g/mol. The Balaban J connectivity index is 2.02. The number of sulfonamides is 1. The summed E-state index contributed by atoms with van der Waals surface area (Å²) >= 11 is 0. The molecule has 0 fully saturated rings. The molecule has 208 valence electrons. The lowest BCUT2D eigenvalue weighted by Gasteiger charge is -2.33. The number of nitrogens with one attached hydrogen (secondary N) is 1. The van der Waals surface area contributed by atoms with Gasteiger partial charge in [-0.25, -0.2) is 8.42 Å². The number of rotatable bonds is 13. The van der Waals surface area contributed by atoms with Gasteiger partial charge in [-0.15, -0.1) is 0 Å². The number of hydrogen-bond acceptors (Lipinski definition) is 4. The minimum atomic E-state index is -4.06. The molecule has 1 atom stereocenters. The smallest absolute Gasteiger partial charge is 0.264 e. The molecule has 3 aromatic carbocycles. The molecule has 7 nitrogen and oxygen atoms in total. The van der Waals surface area contributed by atoms with Crippen molar-refractivity contribution < 1.29 is 18.0 Å². The summed E-state index contributed by atoms with van der Waals surface area (Å²) in [6, 6.07) is 22.2. The van der Waals surface area contributed by atoms with Gasteiger partial charge in [0.25, 0.3) is 10.0 Å². The van der Waals surface area contributed by atoms with Crippen LogP contribution in [-0.2, 0) is 26.2 Å². The maximum absolute atomic E-state index is 14.1. The molecule has 0 saturated carbocycles. The third kappa shape index (κ3) is 7.93. The Bertz CT molecular complexity index is 1360. The molecule has 3 aromatic rings. The van der Waals surface area contributed by atoms with Gasteiger partial charge >= 0.3 is 0 Å². The fraction of sp³-hybridized carbons (Fsp3) is 0.355. The first-order valence-electron chi connectivity index (χ1n) is 13.4. The van der Waals surface area contributed by atoms with Gasteiger partial charge in [0.2, 0.25) is 11.8 Å². The largest absolute Gasteiger partial charge is 0.354 e. The van der Waals surface area contributed by atoms with Crippen LogP contribution in [0.25, 0.3) is 0 Å². The first kappa shape index (κ1) is 29.9. The molecule has 0 bridgehead atoms. The number of benzene rings is 3. The van der Waals surface area contributed by atoms with E-state index in [9.17, 15) is 18.0 Å². The molecule has 0 saturated heterocycles. The zero-order valence-corrected chi connectivity index (χ0v) is 24.1. The van der Waals surface area contributed by atoms with E-state index in [1.807, 2.05) is 58.0 Å². The van der Waals surface area contributed by atoms with E-state index in [0.29, 0.717) is 18.7 Å². The Labute approximate surface area is 232 Å². The lowest BCUT2D eigenvalue weighted by atomic mass is 10.1. The van der Waals surface area contributed by atoms with Gasteiger partial charge in [0.1, 0.15) is 12.6 Å². The first-order chi connectivity index (χ1) is 18.7. The summed E-state index contributed by atoms with van der Waals surface area (Å²) in [5.41, 5.74) is 3.17. The van der Waals surface area contributed by atoms with Crippen molar-refractivity contribution >= 4 is 27.5 Å². The molecule has 0 heterocycles. The minimum Gasteiger partial charge on any atom is -0.354 e. The average Bonchev–Trinajstić information content (AvgIpc) is 2.92. The van der Waals surface area contributed by atoms with E-state index < -0.39 is 28.5 Å². The fourth-order valence-corrected chi connectivity index (χ4v) is 5.89. The van der Waals surface area contributed by atoms with E-state index in [1.165, 1.54) is 17.0 Å². The summed E-state index contributed by atoms with van der Waals surface area (Å²) in [6.45, 7) is 8.02. The topological polar surface area (TPSA) is 86.8 Å². The van der Waals surface area contributed by atoms with Gasteiger partial charge < -0.3 is 10.2 Å². The lowest BCUT2D eigenvalue weighted by molar-refractivity contribution is -0.140. The number of amides is 2. The summed E-state index contributed by atoms with van der Waals surface area (Å²) in [4.78, 5) is 28.9. The third-order valence-electron chi connectivity index (χ3n) is 6.55. The van der Waals surface area contributed by atoms with E-state index in [0.717, 1.165) is 33.8 Å². The third-order valence-corrected chi connectivity index (χ3v) is 8.34. The van der Waals surface area contributed by atoms with Gasteiger partial charge in [-0.1, -0.05) is 80.4 Å². The molecule has 3 rings (SSSR count). The summed E-state index contributed by atoms with van der Waals surface area (Å²) in [5.74, 6) is -0.685. The minimum absolute atomic E-state index is 0.0916. The van der Waals surface area contributed by atoms with Crippen LogP contribution in [-0.4, -0.2) is 44.3 Å². The highest BCUT2D eigenvalue weighted by Gasteiger charge is 2.33. The summed E-state index contributed by atoms with van der Waals surface area (Å²) in [6.07, 6.45) is 2.17. The van der Waals surface area contributed by atoms with Crippen LogP contribution in [0.3, 0.4) is 0 Å². The van der Waals surface area contributed by atoms with E-state index in [-0.39, 0.29) is 17.3 Å². The van der Waals surface area contributed by atoms with Crippen LogP contribution >= 0.6 is 0 Å². The highest BCUT2D eigenvalue weighted by molar-refractivity contribution is 7.92. The van der Waals surface area contributed by atoms with Crippen LogP contribution in [0.15, 0.2) is 83.8 Å². The summed E-state index contributed by atoms with van der Waals surface area (Å²) in [5, 5.41) is 2.95. The zero-order chi connectivity index (χ0) is 28.4. The zero-order valence-electron chi connectivity index (χ0n) is 23.3. The standard InChI is InChI=1S/C31H39N3O4S/c1-5-7-19-32-31(36)29(6-2)33(22-26-15-11-13-24(3)20-26)30(35)23-34(27-16-12-14-25(4)21-27)39(37,38)28-17-9-8-10-18-28/h8-18,20-21,29H,5-7,19,22-23H2,1-4H3,(H,32,36)/t29-/m1/s1. The molecule has 0 spiro atoms. The number of aryl methyl sites for hydroxylation is 2. The van der Waals surface area contributed by atoms with E-state index in [4.69, 9.17) is 0 Å². The van der Waals surface area contributed by atoms with Crippen LogP contribution in [0, 0.1) is 13.8 Å². The summed E-state index contributed by atoms with van der Waals surface area (Å²) < 4.78 is 28.8. The molecule has 0 aromatic heterocycles. The van der Waals surface area contributed by atoms with Crippen LogP contribution in [0.2, 0.25) is 0 Å². The van der Waals surface area contributed by atoms with Crippen molar-refractivity contribution in [2.45, 2.75) is 64.4 Å². The Hall–Kier alpha value is -3.65. The van der Waals surface area contributed by atoms with Gasteiger partial charge in [0.05, 0.1) is 10.6 Å². The van der Waals surface area contributed by atoms with Crippen molar-refractivity contribution in [3.63, 3.8) is 0 Å². The molecule has 39 heavy (non-hydrogen) atoms. The molecule has 8 heteroatoms. The lowest BCUT2D eigenvalue weighted by Crippen LogP contribution is -2.52. The predicted octanol–water partition coefficient (Wildman–Crippen LogP) is 5.22. The van der Waals surface area contributed by atoms with Crippen molar-refractivity contribution in [3.05, 3.63) is 95.6 Å². The first-order valence-corrected chi connectivity index (χ1v) is 14.9. The van der Waals surface area contributed by atoms with Gasteiger partial charge in [-0.2, -0.15) is 0 Å². The van der Waals surface area contributed by atoms with Gasteiger partial charge in [-0.3, -0.25) is 13.9 Å². The molecule has 0 unspecified atom stereocenters. The Morgan fingerprint density at radius 3 is 2.15 bits per heavy atom. The number of hydrogen-bond donors (Lipinski definition) is 1. The number of carbonyl (C=O) groups is 2. The normalized spacial score (nSPS) is 12.0. The Morgan fingerprint density at radius 2 is 1.54 bits per heavy atom. The SMILES string of the molecule is CCCCNC(=O)[C@@H](CC)N(Cc1cccc(C)c1)C(=O)CN(c1cccc(C)c1)S(=O)(=O)c1ccccc1. The number of carbonyl (C=O) groups excluding carboxylic acids is 2. The van der Waals surface area contributed by atoms with Crippen molar-refractivity contribution in [1.82, 2.24) is 10.2 Å². The van der Waals surface area contributed by atoms with Crippen LogP contribution in [0.4, 0.5) is 5.69 Å². The average molecular weight is 550 g/mol. The molecule has 0 aliphatic rings. The van der Waals surface area contributed by atoms with Gasteiger partial charge in [0.15, 0.2) is 0 Å². The Kier molecular flexibility index (Phi) is 10.7. The highest BCUT2D eigenvalue weighted by atomic mass is 32.2. The molecule has 1 N–H and O–H groups in total. The quantitative estimate of drug-likeness (QED) is 0.296. The fourth-order valence-electron chi connectivity index (χ4n) is 4.46. The van der Waals surface area contributed by atoms with Crippen molar-refractivity contribution in [1.29, 1.82) is 0 Å². The van der Waals surface area contributed by atoms with Crippen LogP contribution < -0.4 is 9.62 Å². The maximum Gasteiger partial charge on any atom is 0.264 e. The maximum atomic E-state index is 14.1. The molecule has 0 aliphatic carbocycles. The predicted molar refractivity (Wildman–Crippen MR) is 156 cm³/mol.